The summed E-state index contributed by atoms with van der Waals surface area (Å²) in [4.78, 5) is 14.6. The van der Waals surface area contributed by atoms with Gasteiger partial charge >= 0.3 is 0 Å². The van der Waals surface area contributed by atoms with Gasteiger partial charge in [-0.15, -0.1) is 0 Å². The first kappa shape index (κ1) is 23.4. The summed E-state index contributed by atoms with van der Waals surface area (Å²) in [6.45, 7) is 2.88. The lowest BCUT2D eigenvalue weighted by molar-refractivity contribution is 0.102. The second-order valence-corrected chi connectivity index (χ2v) is 9.02. The lowest BCUT2D eigenvalue weighted by Crippen LogP contribution is -2.17. The van der Waals surface area contributed by atoms with Crippen LogP contribution in [0.1, 0.15) is 17.3 Å². The molecule has 2 N–H and O–H groups in total. The van der Waals surface area contributed by atoms with E-state index in [1.54, 1.807) is 42.5 Å². The molecule has 0 heterocycles. The zero-order valence-electron chi connectivity index (χ0n) is 17.9. The smallest absolute Gasteiger partial charge is 0.265 e. The Balaban J connectivity index is 1.86. The Hall–Kier alpha value is -3.23. The standard InChI is InChI=1S/C23H24ClN3O4S/c1-4-27(2)18-12-9-16(10-13-18)23(28)25-17-11-14-21(31-3)22(15-17)32(29,30)26-20-8-6-5-7-19(20)24/h5-15,26H,4H2,1-3H3,(H,25,28). The van der Waals surface area contributed by atoms with E-state index in [-0.39, 0.29) is 27.3 Å². The molecule has 3 aromatic rings. The number of para-hydroxylation sites is 1. The molecule has 0 aliphatic rings. The number of rotatable bonds is 8. The fraction of sp³-hybridized carbons (Fsp3) is 0.174. The van der Waals surface area contributed by atoms with E-state index in [2.05, 4.69) is 10.0 Å². The number of methoxy groups -OCH3 is 1. The number of halogens is 1. The quantitative estimate of drug-likeness (QED) is 0.488. The van der Waals surface area contributed by atoms with E-state index in [0.29, 0.717) is 11.3 Å². The fourth-order valence-corrected chi connectivity index (χ4v) is 4.48. The SMILES string of the molecule is CCN(C)c1ccc(C(=O)Nc2ccc(OC)c(S(=O)(=O)Nc3ccccc3Cl)c2)cc1. The molecular formula is C23H24ClN3O4S. The van der Waals surface area contributed by atoms with E-state index >= 15 is 0 Å². The minimum absolute atomic E-state index is 0.127. The van der Waals surface area contributed by atoms with Crippen LogP contribution in [0.3, 0.4) is 0 Å². The van der Waals surface area contributed by atoms with Crippen LogP contribution in [-0.2, 0) is 10.0 Å². The molecule has 0 saturated carbocycles. The van der Waals surface area contributed by atoms with Crippen molar-refractivity contribution < 1.29 is 17.9 Å². The lowest BCUT2D eigenvalue weighted by atomic mass is 10.1. The van der Waals surface area contributed by atoms with E-state index in [0.717, 1.165) is 12.2 Å². The van der Waals surface area contributed by atoms with Crippen molar-refractivity contribution in [1.82, 2.24) is 0 Å². The Kier molecular flexibility index (Phi) is 7.27. The normalized spacial score (nSPS) is 11.0. The Labute approximate surface area is 193 Å². The lowest BCUT2D eigenvalue weighted by Gasteiger charge is -2.17. The summed E-state index contributed by atoms with van der Waals surface area (Å²) in [5.74, 6) is -0.224. The molecule has 0 radical (unpaired) electrons. The van der Waals surface area contributed by atoms with Crippen molar-refractivity contribution in [2.24, 2.45) is 0 Å². The molecule has 0 fully saturated rings. The van der Waals surface area contributed by atoms with Gasteiger partial charge in [0.05, 0.1) is 17.8 Å². The van der Waals surface area contributed by atoms with Gasteiger partial charge in [-0.1, -0.05) is 23.7 Å². The Morgan fingerprint density at radius 2 is 1.75 bits per heavy atom. The molecule has 0 unspecified atom stereocenters. The first-order valence-corrected chi connectivity index (χ1v) is 11.7. The van der Waals surface area contributed by atoms with E-state index in [1.165, 1.54) is 19.2 Å². The second-order valence-electron chi connectivity index (χ2n) is 6.97. The van der Waals surface area contributed by atoms with Crippen molar-refractivity contribution in [2.75, 3.05) is 35.6 Å². The van der Waals surface area contributed by atoms with Gasteiger partial charge in [0.25, 0.3) is 15.9 Å². The maximum atomic E-state index is 13.0. The highest BCUT2D eigenvalue weighted by Crippen LogP contribution is 2.31. The molecule has 0 spiro atoms. The van der Waals surface area contributed by atoms with Gasteiger partial charge < -0.3 is 15.0 Å². The molecule has 9 heteroatoms. The van der Waals surface area contributed by atoms with Crippen molar-refractivity contribution in [3.8, 4) is 5.75 Å². The molecule has 1 amide bonds. The molecule has 0 aliphatic carbocycles. The molecule has 0 aromatic heterocycles. The molecule has 3 rings (SSSR count). The number of amides is 1. The number of nitrogens with one attached hydrogen (secondary N) is 2. The highest BCUT2D eigenvalue weighted by molar-refractivity contribution is 7.92. The molecule has 168 valence electrons. The number of carbonyl (C=O) groups is 1. The third-order valence-corrected chi connectivity index (χ3v) is 6.59. The van der Waals surface area contributed by atoms with Gasteiger partial charge in [0.1, 0.15) is 10.6 Å². The number of ether oxygens (including phenoxy) is 1. The van der Waals surface area contributed by atoms with Crippen molar-refractivity contribution in [3.63, 3.8) is 0 Å². The monoisotopic (exact) mass is 473 g/mol. The first-order valence-electron chi connectivity index (χ1n) is 9.83. The van der Waals surface area contributed by atoms with Crippen LogP contribution in [0.5, 0.6) is 5.75 Å². The molecule has 0 bridgehead atoms. The Morgan fingerprint density at radius 1 is 1.06 bits per heavy atom. The molecule has 0 atom stereocenters. The fourth-order valence-electron chi connectivity index (χ4n) is 2.96. The third kappa shape index (κ3) is 5.33. The maximum Gasteiger partial charge on any atom is 0.265 e. The van der Waals surface area contributed by atoms with Crippen LogP contribution < -0.4 is 19.7 Å². The number of hydrogen-bond acceptors (Lipinski definition) is 5. The number of sulfonamides is 1. The minimum Gasteiger partial charge on any atom is -0.495 e. The summed E-state index contributed by atoms with van der Waals surface area (Å²) < 4.78 is 33.7. The molecule has 3 aromatic carbocycles. The van der Waals surface area contributed by atoms with Crippen molar-refractivity contribution in [1.29, 1.82) is 0 Å². The number of nitrogens with zero attached hydrogens (tertiary/aromatic N) is 1. The van der Waals surface area contributed by atoms with Crippen LogP contribution in [0.4, 0.5) is 17.1 Å². The minimum atomic E-state index is -4.04. The van der Waals surface area contributed by atoms with E-state index in [9.17, 15) is 13.2 Å². The molecule has 0 aliphatic heterocycles. The Morgan fingerprint density at radius 3 is 2.38 bits per heavy atom. The number of hydrogen-bond donors (Lipinski definition) is 2. The van der Waals surface area contributed by atoms with Gasteiger partial charge in [-0.25, -0.2) is 8.42 Å². The molecular weight excluding hydrogens is 450 g/mol. The second kappa shape index (κ2) is 9.93. The van der Waals surface area contributed by atoms with E-state index < -0.39 is 10.0 Å². The van der Waals surface area contributed by atoms with E-state index in [4.69, 9.17) is 16.3 Å². The first-order chi connectivity index (χ1) is 15.2. The topological polar surface area (TPSA) is 87.7 Å². The predicted octanol–water partition coefficient (Wildman–Crippen LogP) is 4.86. The summed E-state index contributed by atoms with van der Waals surface area (Å²) in [5.41, 5.74) is 1.99. The van der Waals surface area contributed by atoms with Crippen LogP contribution >= 0.6 is 11.6 Å². The van der Waals surface area contributed by atoms with Gasteiger partial charge in [0.2, 0.25) is 0 Å². The van der Waals surface area contributed by atoms with Crippen LogP contribution in [0.15, 0.2) is 71.6 Å². The van der Waals surface area contributed by atoms with Crippen molar-refractivity contribution >= 4 is 44.6 Å². The van der Waals surface area contributed by atoms with Gasteiger partial charge in [0.15, 0.2) is 0 Å². The van der Waals surface area contributed by atoms with Crippen LogP contribution in [-0.4, -0.2) is 35.0 Å². The number of benzene rings is 3. The Bertz CT molecular complexity index is 1210. The average Bonchev–Trinajstić information content (AvgIpc) is 2.80. The molecule has 32 heavy (non-hydrogen) atoms. The molecule has 7 nitrogen and oxygen atoms in total. The van der Waals surface area contributed by atoms with Gasteiger partial charge in [-0.2, -0.15) is 0 Å². The van der Waals surface area contributed by atoms with Crippen LogP contribution in [0, 0.1) is 0 Å². The van der Waals surface area contributed by atoms with E-state index in [1.807, 2.05) is 31.0 Å². The molecule has 0 saturated heterocycles. The summed E-state index contributed by atoms with van der Waals surface area (Å²) in [5, 5.41) is 2.99. The third-order valence-electron chi connectivity index (χ3n) is 4.87. The van der Waals surface area contributed by atoms with Gasteiger partial charge in [-0.3, -0.25) is 9.52 Å². The zero-order chi connectivity index (χ0) is 23.3. The zero-order valence-corrected chi connectivity index (χ0v) is 19.5. The van der Waals surface area contributed by atoms with Gasteiger partial charge in [0, 0.05) is 30.5 Å². The number of carbonyl (C=O) groups excluding carboxylic acids is 1. The highest BCUT2D eigenvalue weighted by atomic mass is 35.5. The summed E-state index contributed by atoms with van der Waals surface area (Å²) in [6.07, 6.45) is 0. The average molecular weight is 474 g/mol. The highest BCUT2D eigenvalue weighted by Gasteiger charge is 2.22. The summed E-state index contributed by atoms with van der Waals surface area (Å²) in [6, 6.07) is 18.1. The maximum absolute atomic E-state index is 13.0. The van der Waals surface area contributed by atoms with Crippen LogP contribution in [0.2, 0.25) is 5.02 Å². The predicted molar refractivity (Wildman–Crippen MR) is 129 cm³/mol. The van der Waals surface area contributed by atoms with Crippen LogP contribution in [0.25, 0.3) is 0 Å². The largest absolute Gasteiger partial charge is 0.495 e. The summed E-state index contributed by atoms with van der Waals surface area (Å²) in [7, 11) is -0.701. The number of anilines is 3. The van der Waals surface area contributed by atoms with Crippen molar-refractivity contribution in [3.05, 3.63) is 77.3 Å². The summed E-state index contributed by atoms with van der Waals surface area (Å²) >= 11 is 6.08. The van der Waals surface area contributed by atoms with Crippen molar-refractivity contribution in [2.45, 2.75) is 11.8 Å². The van der Waals surface area contributed by atoms with Gasteiger partial charge in [-0.05, 0) is 61.5 Å².